The van der Waals surface area contributed by atoms with E-state index in [0.29, 0.717) is 0 Å². The van der Waals surface area contributed by atoms with Crippen LogP contribution >= 0.6 is 7.60 Å². The molecule has 0 spiro atoms. The first-order valence-corrected chi connectivity index (χ1v) is 7.41. The Morgan fingerprint density at radius 2 is 1.50 bits per heavy atom. The van der Waals surface area contributed by atoms with Gasteiger partial charge in [0.2, 0.25) is 0 Å². The van der Waals surface area contributed by atoms with Gasteiger partial charge in [-0.15, -0.1) is 0 Å². The second-order valence-electron chi connectivity index (χ2n) is 3.35. The Hall–Kier alpha value is -0.520. The van der Waals surface area contributed by atoms with Gasteiger partial charge in [0.25, 0.3) is 0 Å². The van der Waals surface area contributed by atoms with Crippen molar-refractivity contribution in [1.82, 2.24) is 4.90 Å². The number of alkyl halides is 2. The van der Waals surface area contributed by atoms with Crippen LogP contribution < -0.4 is 0 Å². The summed E-state index contributed by atoms with van der Waals surface area (Å²) in [5, 5.41) is 0. The van der Waals surface area contributed by atoms with E-state index in [4.69, 9.17) is 0 Å². The average molecular weight is 287 g/mol. The molecule has 0 aromatic rings. The minimum Gasteiger partial charge on any atom is -0.337 e. The summed E-state index contributed by atoms with van der Waals surface area (Å²) in [7, 11) is -4.78. The molecule has 0 aliphatic carbocycles. The summed E-state index contributed by atoms with van der Waals surface area (Å²) in [4.78, 5) is 12.6. The van der Waals surface area contributed by atoms with E-state index >= 15 is 0 Å². The lowest BCUT2D eigenvalue weighted by atomic mass is 10.4. The molecule has 0 fully saturated rings. The Morgan fingerprint density at radius 1 is 1.11 bits per heavy atom. The van der Waals surface area contributed by atoms with Crippen molar-refractivity contribution < 1.29 is 27.2 Å². The van der Waals surface area contributed by atoms with Gasteiger partial charge in [-0.2, -0.15) is 8.78 Å². The summed E-state index contributed by atoms with van der Waals surface area (Å²) in [6, 6.07) is 0. The summed E-state index contributed by atoms with van der Waals surface area (Å²) >= 11 is 0. The Kier molecular flexibility index (Phi) is 6.96. The molecule has 0 unspecified atom stereocenters. The van der Waals surface area contributed by atoms with Crippen LogP contribution in [-0.4, -0.2) is 42.8 Å². The van der Waals surface area contributed by atoms with Crippen LogP contribution in [-0.2, 0) is 18.4 Å². The first-order chi connectivity index (χ1) is 8.30. The molecule has 0 rings (SSSR count). The molecule has 0 aromatic carbocycles. The first-order valence-electron chi connectivity index (χ1n) is 5.87. The lowest BCUT2D eigenvalue weighted by Gasteiger charge is -2.29. The molecule has 1 amide bonds. The number of halogens is 2. The van der Waals surface area contributed by atoms with Gasteiger partial charge in [0.15, 0.2) is 0 Å². The van der Waals surface area contributed by atoms with Crippen molar-refractivity contribution in [3.8, 4) is 0 Å². The predicted molar refractivity (Wildman–Crippen MR) is 63.7 cm³/mol. The number of rotatable bonds is 8. The summed E-state index contributed by atoms with van der Waals surface area (Å²) in [6.45, 7) is 5.68. The Labute approximate surface area is 106 Å². The summed E-state index contributed by atoms with van der Waals surface area (Å²) in [6.07, 6.45) is 0. The van der Waals surface area contributed by atoms with Gasteiger partial charge in [-0.3, -0.25) is 9.36 Å². The Balaban J connectivity index is 5.28. The van der Waals surface area contributed by atoms with E-state index in [1.54, 1.807) is 13.8 Å². The van der Waals surface area contributed by atoms with Crippen molar-refractivity contribution in [2.24, 2.45) is 0 Å². The van der Waals surface area contributed by atoms with Gasteiger partial charge < -0.3 is 13.9 Å². The van der Waals surface area contributed by atoms with E-state index in [-0.39, 0.29) is 26.3 Å². The molecule has 5 nitrogen and oxygen atoms in total. The second-order valence-corrected chi connectivity index (χ2v) is 5.42. The van der Waals surface area contributed by atoms with E-state index < -0.39 is 19.2 Å². The number of amides is 1. The Bertz CT molecular complexity index is 311. The average Bonchev–Trinajstić information content (AvgIpc) is 2.30. The van der Waals surface area contributed by atoms with E-state index in [0.717, 1.165) is 4.90 Å². The zero-order chi connectivity index (χ0) is 14.4. The molecule has 18 heavy (non-hydrogen) atoms. The minimum atomic E-state index is -4.78. The van der Waals surface area contributed by atoms with Crippen molar-refractivity contribution in [3.63, 3.8) is 0 Å². The maximum atomic E-state index is 14.0. The first kappa shape index (κ1) is 17.5. The molecule has 8 heteroatoms. The molecule has 0 radical (unpaired) electrons. The van der Waals surface area contributed by atoms with Gasteiger partial charge in [-0.25, -0.2) is 0 Å². The van der Waals surface area contributed by atoms with E-state index in [1.807, 2.05) is 0 Å². The highest BCUT2D eigenvalue weighted by atomic mass is 31.2. The molecule has 0 aromatic heterocycles. The number of hydrogen-bond acceptors (Lipinski definition) is 4. The van der Waals surface area contributed by atoms with Gasteiger partial charge in [0.1, 0.15) is 0 Å². The third-order valence-corrected chi connectivity index (χ3v) is 4.33. The van der Waals surface area contributed by atoms with Crippen LogP contribution in [0.5, 0.6) is 0 Å². The molecule has 0 aliphatic rings. The zero-order valence-corrected chi connectivity index (χ0v) is 12.0. The van der Waals surface area contributed by atoms with Crippen molar-refractivity contribution in [2.45, 2.75) is 33.4 Å². The third kappa shape index (κ3) is 3.49. The fraction of sp³-hybridized carbons (Fsp3) is 0.900. The lowest BCUT2D eigenvalue weighted by Crippen LogP contribution is -2.44. The van der Waals surface area contributed by atoms with E-state index in [9.17, 15) is 18.1 Å². The number of carbonyl (C=O) groups excluding carboxylic acids is 1. The SMILES string of the molecule is CCOP(=O)(OCC)C(F)(F)C(=O)N(CC)CC. The Morgan fingerprint density at radius 3 is 1.78 bits per heavy atom. The molecule has 0 heterocycles. The fourth-order valence-electron chi connectivity index (χ4n) is 1.36. The molecular weight excluding hydrogens is 267 g/mol. The van der Waals surface area contributed by atoms with Gasteiger partial charge in [-0.1, -0.05) is 0 Å². The largest absolute Gasteiger partial charge is 0.422 e. The van der Waals surface area contributed by atoms with Gasteiger partial charge in [0.05, 0.1) is 13.2 Å². The van der Waals surface area contributed by atoms with Crippen LogP contribution in [0.2, 0.25) is 0 Å². The van der Waals surface area contributed by atoms with Gasteiger partial charge >= 0.3 is 19.2 Å². The maximum Gasteiger partial charge on any atom is 0.422 e. The van der Waals surface area contributed by atoms with Crippen molar-refractivity contribution in [1.29, 1.82) is 0 Å². The van der Waals surface area contributed by atoms with Crippen molar-refractivity contribution >= 4 is 13.5 Å². The molecule has 108 valence electrons. The van der Waals surface area contributed by atoms with Gasteiger partial charge in [-0.05, 0) is 27.7 Å². The predicted octanol–water partition coefficient (Wildman–Crippen LogP) is 2.71. The van der Waals surface area contributed by atoms with Crippen LogP contribution in [0.25, 0.3) is 0 Å². The van der Waals surface area contributed by atoms with Crippen LogP contribution in [0.15, 0.2) is 0 Å². The van der Waals surface area contributed by atoms with Crippen LogP contribution in [0.3, 0.4) is 0 Å². The molecule has 0 saturated heterocycles. The van der Waals surface area contributed by atoms with Crippen molar-refractivity contribution in [3.05, 3.63) is 0 Å². The summed E-state index contributed by atoms with van der Waals surface area (Å²) in [5.41, 5.74) is -4.16. The lowest BCUT2D eigenvalue weighted by molar-refractivity contribution is -0.148. The molecular formula is C10H20F2NO4P. The van der Waals surface area contributed by atoms with Crippen LogP contribution in [0, 0.1) is 0 Å². The molecule has 0 atom stereocenters. The smallest absolute Gasteiger partial charge is 0.337 e. The number of hydrogen-bond donors (Lipinski definition) is 0. The molecule has 0 bridgehead atoms. The number of nitrogens with zero attached hydrogens (tertiary/aromatic N) is 1. The van der Waals surface area contributed by atoms with E-state index in [1.165, 1.54) is 13.8 Å². The summed E-state index contributed by atoms with van der Waals surface area (Å²) in [5.74, 6) is -1.53. The van der Waals surface area contributed by atoms with Crippen LogP contribution in [0.1, 0.15) is 27.7 Å². The van der Waals surface area contributed by atoms with Crippen molar-refractivity contribution in [2.75, 3.05) is 26.3 Å². The molecule has 0 aliphatic heterocycles. The maximum absolute atomic E-state index is 14.0. The topological polar surface area (TPSA) is 55.8 Å². The molecule has 0 N–H and O–H groups in total. The second kappa shape index (κ2) is 7.16. The highest BCUT2D eigenvalue weighted by molar-refractivity contribution is 7.56. The highest BCUT2D eigenvalue weighted by Crippen LogP contribution is 2.62. The zero-order valence-electron chi connectivity index (χ0n) is 11.1. The third-order valence-electron chi connectivity index (χ3n) is 2.25. The summed E-state index contributed by atoms with van der Waals surface area (Å²) < 4.78 is 49.0. The standard InChI is InChI=1S/C10H20F2NO4P/c1-5-13(6-2)9(14)10(11,12)18(15,16-7-3)17-8-4/h5-8H2,1-4H3. The van der Waals surface area contributed by atoms with E-state index in [2.05, 4.69) is 9.05 Å². The minimum absolute atomic E-state index is 0.100. The van der Waals surface area contributed by atoms with Crippen LogP contribution in [0.4, 0.5) is 8.78 Å². The van der Waals surface area contributed by atoms with Gasteiger partial charge in [0, 0.05) is 13.1 Å². The quantitative estimate of drug-likeness (QED) is 0.644. The normalized spacial score (nSPS) is 12.6. The number of carbonyl (C=O) groups is 1. The highest BCUT2D eigenvalue weighted by Gasteiger charge is 2.60. The fourth-order valence-corrected chi connectivity index (χ4v) is 2.81. The molecule has 0 saturated carbocycles. The monoisotopic (exact) mass is 287 g/mol.